The van der Waals surface area contributed by atoms with Crippen LogP contribution in [0.5, 0.6) is 23.0 Å². The van der Waals surface area contributed by atoms with E-state index in [1.807, 2.05) is 0 Å². The van der Waals surface area contributed by atoms with E-state index < -0.39 is 0 Å². The summed E-state index contributed by atoms with van der Waals surface area (Å²) < 4.78 is 10.1. The van der Waals surface area contributed by atoms with Crippen molar-refractivity contribution >= 4 is 18.4 Å². The highest BCUT2D eigenvalue weighted by Gasteiger charge is 2.08. The van der Waals surface area contributed by atoms with Gasteiger partial charge in [0, 0.05) is 0 Å². The average molecular weight is 300 g/mol. The lowest BCUT2D eigenvalue weighted by molar-refractivity contribution is 0.112. The SMILES string of the molecule is COc1cc(/C=C/c2cc(C=O)c(O)c(OC)c2)ccc1O. The largest absolute Gasteiger partial charge is 0.504 e. The summed E-state index contributed by atoms with van der Waals surface area (Å²) in [5, 5.41) is 19.3. The fourth-order valence-electron chi connectivity index (χ4n) is 1.98. The Balaban J connectivity index is 2.35. The molecule has 0 spiro atoms. The molecule has 0 aliphatic heterocycles. The minimum atomic E-state index is -0.180. The molecule has 22 heavy (non-hydrogen) atoms. The van der Waals surface area contributed by atoms with E-state index >= 15 is 0 Å². The van der Waals surface area contributed by atoms with E-state index in [4.69, 9.17) is 9.47 Å². The predicted molar refractivity (Wildman–Crippen MR) is 83.6 cm³/mol. The number of hydrogen-bond donors (Lipinski definition) is 2. The van der Waals surface area contributed by atoms with Gasteiger partial charge in [0.1, 0.15) is 0 Å². The Hall–Kier alpha value is -2.95. The Morgan fingerprint density at radius 2 is 1.55 bits per heavy atom. The Morgan fingerprint density at radius 3 is 2.18 bits per heavy atom. The fraction of sp³-hybridized carbons (Fsp3) is 0.118. The third-order valence-electron chi connectivity index (χ3n) is 3.15. The number of phenolic OH excluding ortho intramolecular Hbond substituents is 2. The summed E-state index contributed by atoms with van der Waals surface area (Å²) in [5.41, 5.74) is 1.67. The molecular formula is C17H16O5. The lowest BCUT2D eigenvalue weighted by Gasteiger charge is -2.07. The number of carbonyl (C=O) groups excluding carboxylic acids is 1. The summed E-state index contributed by atoms with van der Waals surface area (Å²) in [6, 6.07) is 8.12. The second kappa shape index (κ2) is 6.67. The normalized spacial score (nSPS) is 10.6. The van der Waals surface area contributed by atoms with Crippen molar-refractivity contribution in [1.29, 1.82) is 0 Å². The molecule has 0 saturated carbocycles. The monoisotopic (exact) mass is 300 g/mol. The van der Waals surface area contributed by atoms with E-state index in [9.17, 15) is 15.0 Å². The summed E-state index contributed by atoms with van der Waals surface area (Å²) in [5.74, 6) is 0.488. The number of methoxy groups -OCH3 is 2. The molecule has 0 bridgehead atoms. The number of aromatic hydroxyl groups is 2. The molecule has 0 unspecified atom stereocenters. The van der Waals surface area contributed by atoms with Gasteiger partial charge < -0.3 is 19.7 Å². The highest BCUT2D eigenvalue weighted by Crippen LogP contribution is 2.31. The molecule has 0 saturated heterocycles. The molecule has 0 aromatic heterocycles. The van der Waals surface area contributed by atoms with Crippen molar-refractivity contribution in [3.63, 3.8) is 0 Å². The third kappa shape index (κ3) is 3.20. The lowest BCUT2D eigenvalue weighted by Crippen LogP contribution is -1.90. The summed E-state index contributed by atoms with van der Waals surface area (Å²) in [6.07, 6.45) is 4.13. The molecule has 2 aromatic carbocycles. The van der Waals surface area contributed by atoms with Crippen molar-refractivity contribution in [3.8, 4) is 23.0 Å². The first-order valence-electron chi connectivity index (χ1n) is 6.50. The minimum Gasteiger partial charge on any atom is -0.504 e. The summed E-state index contributed by atoms with van der Waals surface area (Å²) in [4.78, 5) is 11.0. The van der Waals surface area contributed by atoms with Gasteiger partial charge in [0.2, 0.25) is 0 Å². The Labute approximate surface area is 128 Å². The van der Waals surface area contributed by atoms with Crippen LogP contribution in [-0.4, -0.2) is 30.7 Å². The molecule has 5 heteroatoms. The zero-order valence-electron chi connectivity index (χ0n) is 12.2. The third-order valence-corrected chi connectivity index (χ3v) is 3.15. The van der Waals surface area contributed by atoms with Crippen LogP contribution in [0, 0.1) is 0 Å². The Morgan fingerprint density at radius 1 is 0.909 bits per heavy atom. The van der Waals surface area contributed by atoms with Gasteiger partial charge in [-0.05, 0) is 35.4 Å². The van der Waals surface area contributed by atoms with Crippen LogP contribution < -0.4 is 9.47 Å². The number of hydrogen-bond acceptors (Lipinski definition) is 5. The second-order valence-electron chi connectivity index (χ2n) is 4.54. The van der Waals surface area contributed by atoms with Crippen LogP contribution in [0.1, 0.15) is 21.5 Å². The summed E-state index contributed by atoms with van der Waals surface area (Å²) in [7, 11) is 2.89. The molecule has 0 heterocycles. The molecule has 0 radical (unpaired) electrons. The van der Waals surface area contributed by atoms with Crippen LogP contribution in [0.25, 0.3) is 12.2 Å². The molecule has 0 aliphatic carbocycles. The lowest BCUT2D eigenvalue weighted by atomic mass is 10.1. The molecule has 2 aromatic rings. The van der Waals surface area contributed by atoms with E-state index in [1.54, 1.807) is 36.4 Å². The molecule has 114 valence electrons. The molecular weight excluding hydrogens is 284 g/mol. The molecule has 2 rings (SSSR count). The van der Waals surface area contributed by atoms with Crippen LogP contribution in [-0.2, 0) is 0 Å². The standard InChI is InChI=1S/C17H16O5/c1-21-15-8-11(5-6-14(15)19)3-4-12-7-13(10-18)17(20)16(9-12)22-2/h3-10,19-20H,1-2H3/b4-3+. The molecule has 0 aliphatic rings. The van der Waals surface area contributed by atoms with Gasteiger partial charge in [-0.15, -0.1) is 0 Å². The van der Waals surface area contributed by atoms with E-state index in [-0.39, 0.29) is 22.8 Å². The molecule has 0 amide bonds. The van der Waals surface area contributed by atoms with Gasteiger partial charge in [-0.3, -0.25) is 4.79 Å². The van der Waals surface area contributed by atoms with Gasteiger partial charge in [0.25, 0.3) is 0 Å². The van der Waals surface area contributed by atoms with E-state index in [0.717, 1.165) is 5.56 Å². The first kappa shape index (κ1) is 15.4. The first-order valence-corrected chi connectivity index (χ1v) is 6.50. The van der Waals surface area contributed by atoms with Crippen LogP contribution >= 0.6 is 0 Å². The maximum atomic E-state index is 11.0. The zero-order valence-corrected chi connectivity index (χ0v) is 12.2. The number of phenols is 2. The van der Waals surface area contributed by atoms with Crippen molar-refractivity contribution in [3.05, 3.63) is 47.0 Å². The van der Waals surface area contributed by atoms with Crippen molar-refractivity contribution in [2.24, 2.45) is 0 Å². The molecule has 0 fully saturated rings. The first-order chi connectivity index (χ1) is 10.6. The van der Waals surface area contributed by atoms with Crippen molar-refractivity contribution in [1.82, 2.24) is 0 Å². The van der Waals surface area contributed by atoms with Gasteiger partial charge >= 0.3 is 0 Å². The molecule has 0 atom stereocenters. The summed E-state index contributed by atoms with van der Waals surface area (Å²) >= 11 is 0. The number of ether oxygens (including phenoxy) is 2. The van der Waals surface area contributed by atoms with Crippen molar-refractivity contribution in [2.45, 2.75) is 0 Å². The van der Waals surface area contributed by atoms with Crippen molar-refractivity contribution in [2.75, 3.05) is 14.2 Å². The fourth-order valence-corrected chi connectivity index (χ4v) is 1.98. The van der Waals surface area contributed by atoms with Gasteiger partial charge in [-0.2, -0.15) is 0 Å². The Bertz CT molecular complexity index is 719. The highest BCUT2D eigenvalue weighted by molar-refractivity contribution is 5.84. The number of benzene rings is 2. The van der Waals surface area contributed by atoms with Gasteiger partial charge in [-0.1, -0.05) is 18.2 Å². The predicted octanol–water partition coefficient (Wildman–Crippen LogP) is 3.10. The maximum Gasteiger partial charge on any atom is 0.168 e. The second-order valence-corrected chi connectivity index (χ2v) is 4.54. The van der Waals surface area contributed by atoms with E-state index in [1.165, 1.54) is 20.3 Å². The number of carbonyl (C=O) groups is 1. The maximum absolute atomic E-state index is 11.0. The van der Waals surface area contributed by atoms with Gasteiger partial charge in [0.15, 0.2) is 29.3 Å². The highest BCUT2D eigenvalue weighted by atomic mass is 16.5. The van der Waals surface area contributed by atoms with Gasteiger partial charge in [-0.25, -0.2) is 0 Å². The van der Waals surface area contributed by atoms with Crippen molar-refractivity contribution < 1.29 is 24.5 Å². The molecule has 2 N–H and O–H groups in total. The molecule has 5 nitrogen and oxygen atoms in total. The number of aldehydes is 1. The zero-order chi connectivity index (χ0) is 16.1. The Kier molecular flexibility index (Phi) is 4.68. The van der Waals surface area contributed by atoms with Crippen LogP contribution in [0.3, 0.4) is 0 Å². The quantitative estimate of drug-likeness (QED) is 0.655. The smallest absolute Gasteiger partial charge is 0.168 e. The van der Waals surface area contributed by atoms with Crippen LogP contribution in [0.4, 0.5) is 0 Å². The average Bonchev–Trinajstić information content (AvgIpc) is 2.54. The summed E-state index contributed by atoms with van der Waals surface area (Å²) in [6.45, 7) is 0. The van der Waals surface area contributed by atoms with Crippen LogP contribution in [0.15, 0.2) is 30.3 Å². The topological polar surface area (TPSA) is 76.0 Å². The minimum absolute atomic E-state index is 0.0641. The van der Waals surface area contributed by atoms with E-state index in [2.05, 4.69) is 0 Å². The van der Waals surface area contributed by atoms with Crippen LogP contribution in [0.2, 0.25) is 0 Å². The van der Waals surface area contributed by atoms with Gasteiger partial charge in [0.05, 0.1) is 19.8 Å². The number of rotatable bonds is 5. The van der Waals surface area contributed by atoms with E-state index in [0.29, 0.717) is 17.6 Å².